The van der Waals surface area contributed by atoms with Crippen LogP contribution >= 0.6 is 11.6 Å². The highest BCUT2D eigenvalue weighted by Crippen LogP contribution is 2.53. The van der Waals surface area contributed by atoms with Gasteiger partial charge in [0.1, 0.15) is 5.82 Å². The van der Waals surface area contributed by atoms with Crippen LogP contribution in [-0.4, -0.2) is 28.5 Å². The Labute approximate surface area is 171 Å². The van der Waals surface area contributed by atoms with E-state index in [2.05, 4.69) is 0 Å². The molecule has 0 spiro atoms. The SMILES string of the molecule is CC(=O)[C@H]1C2C(=O)N(c3ccc(F)c(Cl)c3)C(=O)[C@@H]2C2c3ccccc3C=CN21. The lowest BCUT2D eigenvalue weighted by atomic mass is 9.84. The molecule has 0 radical (unpaired) electrons. The van der Waals surface area contributed by atoms with Crippen molar-refractivity contribution in [3.8, 4) is 0 Å². The first-order valence-corrected chi connectivity index (χ1v) is 9.66. The highest BCUT2D eigenvalue weighted by Gasteiger charge is 2.63. The highest BCUT2D eigenvalue weighted by atomic mass is 35.5. The van der Waals surface area contributed by atoms with Crippen LogP contribution in [0.4, 0.5) is 10.1 Å². The molecule has 3 heterocycles. The first-order chi connectivity index (χ1) is 13.9. The van der Waals surface area contributed by atoms with E-state index in [1.807, 2.05) is 35.2 Å². The van der Waals surface area contributed by atoms with Gasteiger partial charge in [0, 0.05) is 6.20 Å². The Balaban J connectivity index is 1.65. The number of halogens is 2. The molecule has 3 aliphatic rings. The number of anilines is 1. The molecule has 0 N–H and O–H groups in total. The van der Waals surface area contributed by atoms with Crippen LogP contribution in [0.3, 0.4) is 0 Å². The fourth-order valence-electron chi connectivity index (χ4n) is 4.90. The molecule has 2 amide bonds. The number of rotatable bonds is 2. The summed E-state index contributed by atoms with van der Waals surface area (Å²) >= 11 is 5.87. The topological polar surface area (TPSA) is 57.7 Å². The van der Waals surface area contributed by atoms with Gasteiger partial charge in [-0.25, -0.2) is 9.29 Å². The number of hydrogen-bond donors (Lipinski definition) is 0. The van der Waals surface area contributed by atoms with Gasteiger partial charge in [0.15, 0.2) is 5.78 Å². The zero-order chi connectivity index (χ0) is 20.4. The van der Waals surface area contributed by atoms with Gasteiger partial charge < -0.3 is 4.90 Å². The van der Waals surface area contributed by atoms with Gasteiger partial charge in [0.25, 0.3) is 0 Å². The Bertz CT molecular complexity index is 1110. The molecule has 2 saturated heterocycles. The largest absolute Gasteiger partial charge is 0.359 e. The molecule has 5 rings (SSSR count). The molecule has 4 atom stereocenters. The molecular formula is C22H16ClFN2O3. The van der Waals surface area contributed by atoms with Crippen LogP contribution in [0.1, 0.15) is 24.1 Å². The molecule has 2 unspecified atom stereocenters. The minimum absolute atomic E-state index is 0.171. The third kappa shape index (κ3) is 2.42. The third-order valence-electron chi connectivity index (χ3n) is 6.04. The summed E-state index contributed by atoms with van der Waals surface area (Å²) in [6.07, 6.45) is 3.70. The number of hydrogen-bond acceptors (Lipinski definition) is 4. The number of amides is 2. The van der Waals surface area contributed by atoms with Crippen molar-refractivity contribution >= 4 is 41.0 Å². The minimum atomic E-state index is -0.801. The van der Waals surface area contributed by atoms with Gasteiger partial charge in [-0.15, -0.1) is 0 Å². The Morgan fingerprint density at radius 2 is 1.79 bits per heavy atom. The van der Waals surface area contributed by atoms with Crippen LogP contribution in [0.5, 0.6) is 0 Å². The van der Waals surface area contributed by atoms with E-state index in [9.17, 15) is 18.8 Å². The number of nitrogens with zero attached hydrogens (tertiary/aromatic N) is 2. The van der Waals surface area contributed by atoms with Gasteiger partial charge in [-0.2, -0.15) is 0 Å². The van der Waals surface area contributed by atoms with Crippen LogP contribution in [0.15, 0.2) is 48.7 Å². The van der Waals surface area contributed by atoms with Crippen molar-refractivity contribution in [2.24, 2.45) is 11.8 Å². The minimum Gasteiger partial charge on any atom is -0.359 e. The smallest absolute Gasteiger partial charge is 0.240 e. The molecule has 2 aromatic rings. The highest BCUT2D eigenvalue weighted by molar-refractivity contribution is 6.31. The number of Topliss-reactive ketones (excluding diaryl/α,β-unsaturated/α-hetero) is 1. The second-order valence-corrected chi connectivity index (χ2v) is 7.96. The van der Waals surface area contributed by atoms with Gasteiger partial charge >= 0.3 is 0 Å². The van der Waals surface area contributed by atoms with Gasteiger partial charge in [-0.3, -0.25) is 14.4 Å². The van der Waals surface area contributed by atoms with Crippen LogP contribution in [0, 0.1) is 17.7 Å². The van der Waals surface area contributed by atoms with E-state index in [1.54, 1.807) is 6.20 Å². The zero-order valence-corrected chi connectivity index (χ0v) is 16.1. The predicted molar refractivity (Wildman–Crippen MR) is 105 cm³/mol. The van der Waals surface area contributed by atoms with E-state index in [1.165, 1.54) is 19.1 Å². The molecular weight excluding hydrogens is 395 g/mol. The summed E-state index contributed by atoms with van der Waals surface area (Å²) in [5, 5.41) is -0.171. The van der Waals surface area contributed by atoms with Crippen molar-refractivity contribution in [1.29, 1.82) is 0 Å². The number of imide groups is 1. The summed E-state index contributed by atoms with van der Waals surface area (Å²) in [7, 11) is 0. The standard InChI is InChI=1S/C22H16ClFN2O3/c1-11(27)19-17-18(20-14-5-3-2-4-12(14)8-9-25(19)20)22(29)26(21(17)28)13-6-7-16(24)15(23)10-13/h2-10,17-20H,1H3/t17?,18-,19-,20?/m0/s1. The lowest BCUT2D eigenvalue weighted by Gasteiger charge is -2.34. The fourth-order valence-corrected chi connectivity index (χ4v) is 5.07. The zero-order valence-electron chi connectivity index (χ0n) is 15.4. The lowest BCUT2D eigenvalue weighted by Crippen LogP contribution is -2.43. The molecule has 29 heavy (non-hydrogen) atoms. The molecule has 5 nitrogen and oxygen atoms in total. The summed E-state index contributed by atoms with van der Waals surface area (Å²) in [5.74, 6) is -3.16. The summed E-state index contributed by atoms with van der Waals surface area (Å²) in [6.45, 7) is 1.44. The van der Waals surface area contributed by atoms with Crippen molar-refractivity contribution in [3.63, 3.8) is 0 Å². The molecule has 0 bridgehead atoms. The van der Waals surface area contributed by atoms with E-state index in [0.717, 1.165) is 22.1 Å². The maximum Gasteiger partial charge on any atom is 0.240 e. The van der Waals surface area contributed by atoms with Gasteiger partial charge in [-0.05, 0) is 42.3 Å². The second-order valence-electron chi connectivity index (χ2n) is 7.55. The molecule has 0 aromatic heterocycles. The van der Waals surface area contributed by atoms with E-state index in [4.69, 9.17) is 11.6 Å². The van der Waals surface area contributed by atoms with E-state index < -0.39 is 41.6 Å². The molecule has 2 aromatic carbocycles. The van der Waals surface area contributed by atoms with E-state index >= 15 is 0 Å². The van der Waals surface area contributed by atoms with Crippen molar-refractivity contribution in [2.45, 2.75) is 19.0 Å². The van der Waals surface area contributed by atoms with Crippen molar-refractivity contribution in [2.75, 3.05) is 4.90 Å². The Morgan fingerprint density at radius 3 is 2.52 bits per heavy atom. The van der Waals surface area contributed by atoms with Gasteiger partial charge in [0.05, 0.1) is 34.6 Å². The quantitative estimate of drug-likeness (QED) is 0.710. The van der Waals surface area contributed by atoms with Crippen LogP contribution < -0.4 is 4.90 Å². The van der Waals surface area contributed by atoms with Gasteiger partial charge in [0.2, 0.25) is 11.8 Å². The Hall–Kier alpha value is -2.99. The fraction of sp³-hybridized carbons (Fsp3) is 0.227. The summed E-state index contributed by atoms with van der Waals surface area (Å²) in [5.41, 5.74) is 2.09. The summed E-state index contributed by atoms with van der Waals surface area (Å²) < 4.78 is 13.6. The summed E-state index contributed by atoms with van der Waals surface area (Å²) in [6, 6.07) is 10.3. The number of ketones is 1. The lowest BCUT2D eigenvalue weighted by molar-refractivity contribution is -0.129. The predicted octanol–water partition coefficient (Wildman–Crippen LogP) is 3.58. The number of carbonyl (C=O) groups is 3. The molecule has 0 saturated carbocycles. The number of carbonyl (C=O) groups excluding carboxylic acids is 3. The van der Waals surface area contributed by atoms with E-state index in [-0.39, 0.29) is 16.5 Å². The molecule has 0 aliphatic carbocycles. The second kappa shape index (κ2) is 6.26. The summed E-state index contributed by atoms with van der Waals surface area (Å²) in [4.78, 5) is 42.2. The van der Waals surface area contributed by atoms with Crippen LogP contribution in [0.25, 0.3) is 6.08 Å². The molecule has 7 heteroatoms. The number of fused-ring (bicyclic) bond motifs is 5. The Kier molecular flexibility index (Phi) is 3.90. The first kappa shape index (κ1) is 18.1. The average Bonchev–Trinajstić information content (AvgIpc) is 3.17. The third-order valence-corrected chi connectivity index (χ3v) is 6.33. The van der Waals surface area contributed by atoms with Crippen molar-refractivity contribution < 1.29 is 18.8 Å². The number of benzene rings is 2. The van der Waals surface area contributed by atoms with Crippen molar-refractivity contribution in [1.82, 2.24) is 4.90 Å². The molecule has 3 aliphatic heterocycles. The monoisotopic (exact) mass is 410 g/mol. The molecule has 146 valence electrons. The average molecular weight is 411 g/mol. The first-order valence-electron chi connectivity index (χ1n) is 9.28. The maximum absolute atomic E-state index is 13.6. The molecule has 2 fully saturated rings. The van der Waals surface area contributed by atoms with Crippen molar-refractivity contribution in [3.05, 3.63) is 70.6 Å². The normalized spacial score (nSPS) is 27.1. The van der Waals surface area contributed by atoms with Crippen LogP contribution in [-0.2, 0) is 14.4 Å². The van der Waals surface area contributed by atoms with Crippen LogP contribution in [0.2, 0.25) is 5.02 Å². The maximum atomic E-state index is 13.6. The van der Waals surface area contributed by atoms with Gasteiger partial charge in [-0.1, -0.05) is 35.9 Å². The van der Waals surface area contributed by atoms with E-state index in [0.29, 0.717) is 0 Å². The Morgan fingerprint density at radius 1 is 1.07 bits per heavy atom.